The lowest BCUT2D eigenvalue weighted by Gasteiger charge is -2.29. The number of urea groups is 1. The second-order valence-electron chi connectivity index (χ2n) is 6.62. The number of carbonyl (C=O) groups is 1. The van der Waals surface area contributed by atoms with E-state index in [1.165, 1.54) is 0 Å². The smallest absolute Gasteiger partial charge is 0.322 e. The highest BCUT2D eigenvalue weighted by atomic mass is 16.3. The van der Waals surface area contributed by atoms with Crippen LogP contribution in [0.1, 0.15) is 25.0 Å². The summed E-state index contributed by atoms with van der Waals surface area (Å²) < 4.78 is 0. The first-order chi connectivity index (χ1) is 11.9. The van der Waals surface area contributed by atoms with E-state index in [1.54, 1.807) is 30.9 Å². The number of aliphatic hydroxyl groups is 1. The first-order valence-corrected chi connectivity index (χ1v) is 8.15. The molecule has 5 nitrogen and oxygen atoms in total. The summed E-state index contributed by atoms with van der Waals surface area (Å²) in [5, 5.41) is 21.7. The number of amides is 2. The van der Waals surface area contributed by atoms with Crippen LogP contribution < -0.4 is 5.32 Å². The van der Waals surface area contributed by atoms with Crippen LogP contribution in [0.25, 0.3) is 0 Å². The number of nitrogens with zero attached hydrogens (tertiary/aromatic N) is 2. The normalized spacial score (nSPS) is 10.8. The molecule has 5 heteroatoms. The summed E-state index contributed by atoms with van der Waals surface area (Å²) >= 11 is 0. The Hall–Kier alpha value is -2.84. The van der Waals surface area contributed by atoms with Gasteiger partial charge in [0.15, 0.2) is 0 Å². The van der Waals surface area contributed by atoms with Crippen molar-refractivity contribution in [3.05, 3.63) is 65.7 Å². The topological polar surface area (TPSA) is 76.4 Å². The van der Waals surface area contributed by atoms with Crippen molar-refractivity contribution < 1.29 is 9.90 Å². The molecule has 0 atom stereocenters. The van der Waals surface area contributed by atoms with Gasteiger partial charge >= 0.3 is 6.03 Å². The van der Waals surface area contributed by atoms with E-state index in [0.29, 0.717) is 18.7 Å². The van der Waals surface area contributed by atoms with Gasteiger partial charge in [0.1, 0.15) is 0 Å². The predicted molar refractivity (Wildman–Crippen MR) is 97.9 cm³/mol. The minimum absolute atomic E-state index is 0.209. The number of nitriles is 1. The summed E-state index contributed by atoms with van der Waals surface area (Å²) in [4.78, 5) is 14.2. The Balaban J connectivity index is 2.10. The molecule has 0 aliphatic heterocycles. The largest absolute Gasteiger partial charge is 0.389 e. The van der Waals surface area contributed by atoms with Crippen LogP contribution in [-0.4, -0.2) is 28.2 Å². The Morgan fingerprint density at radius 2 is 1.76 bits per heavy atom. The van der Waals surface area contributed by atoms with Gasteiger partial charge in [-0.1, -0.05) is 42.5 Å². The molecule has 0 aliphatic rings. The molecule has 0 heterocycles. The molecule has 0 saturated carbocycles. The van der Waals surface area contributed by atoms with E-state index in [4.69, 9.17) is 5.26 Å². The zero-order chi connectivity index (χ0) is 18.3. The molecule has 0 radical (unpaired) electrons. The van der Waals surface area contributed by atoms with Crippen LogP contribution in [0.5, 0.6) is 0 Å². The summed E-state index contributed by atoms with van der Waals surface area (Å²) in [6.45, 7) is 3.97. The highest BCUT2D eigenvalue weighted by Crippen LogP contribution is 2.14. The van der Waals surface area contributed by atoms with Crippen LogP contribution in [0, 0.1) is 11.3 Å². The standard InChI is InChI=1S/C20H23N3O2/c1-20(2,25)15-23(14-17-6-4-3-5-7-17)19(24)22-18-10-8-16(9-11-18)12-13-21/h3-11,25H,12,14-15H2,1-2H3,(H,22,24). The first-order valence-electron chi connectivity index (χ1n) is 8.15. The Morgan fingerprint density at radius 1 is 1.12 bits per heavy atom. The Morgan fingerprint density at radius 3 is 2.32 bits per heavy atom. The van der Waals surface area contributed by atoms with E-state index in [-0.39, 0.29) is 12.6 Å². The quantitative estimate of drug-likeness (QED) is 0.846. The average molecular weight is 337 g/mol. The number of nitrogens with one attached hydrogen (secondary N) is 1. The fraction of sp³-hybridized carbons (Fsp3) is 0.300. The summed E-state index contributed by atoms with van der Waals surface area (Å²) in [6, 6.07) is 18.6. The van der Waals surface area contributed by atoms with Gasteiger partial charge in [-0.3, -0.25) is 0 Å². The van der Waals surface area contributed by atoms with Crippen LogP contribution in [0.15, 0.2) is 54.6 Å². The molecular weight excluding hydrogens is 314 g/mol. The zero-order valence-corrected chi connectivity index (χ0v) is 14.6. The third kappa shape index (κ3) is 6.28. The monoisotopic (exact) mass is 337 g/mol. The van der Waals surface area contributed by atoms with E-state index < -0.39 is 5.60 Å². The molecule has 2 N–H and O–H groups in total. The summed E-state index contributed by atoms with van der Waals surface area (Å²) in [5.41, 5.74) is 1.55. The number of carbonyl (C=O) groups excluding carboxylic acids is 1. The average Bonchev–Trinajstić information content (AvgIpc) is 2.56. The second kappa shape index (κ2) is 8.32. The molecular formula is C20H23N3O2. The Labute approximate surface area is 148 Å². The van der Waals surface area contributed by atoms with Gasteiger partial charge in [-0.15, -0.1) is 0 Å². The van der Waals surface area contributed by atoms with Crippen molar-refractivity contribution in [1.82, 2.24) is 4.90 Å². The number of rotatable bonds is 6. The van der Waals surface area contributed by atoms with Gasteiger partial charge in [0.05, 0.1) is 24.6 Å². The van der Waals surface area contributed by atoms with Crippen molar-refractivity contribution in [2.75, 3.05) is 11.9 Å². The molecule has 0 saturated heterocycles. The van der Waals surface area contributed by atoms with Gasteiger partial charge in [0.25, 0.3) is 0 Å². The second-order valence-corrected chi connectivity index (χ2v) is 6.62. The van der Waals surface area contributed by atoms with Crippen LogP contribution in [0.4, 0.5) is 10.5 Å². The maximum Gasteiger partial charge on any atom is 0.322 e. The summed E-state index contributed by atoms with van der Waals surface area (Å²) in [6.07, 6.45) is 0.340. The molecule has 0 fully saturated rings. The van der Waals surface area contributed by atoms with Crippen molar-refractivity contribution in [1.29, 1.82) is 5.26 Å². The van der Waals surface area contributed by atoms with Crippen molar-refractivity contribution in [2.45, 2.75) is 32.4 Å². The van der Waals surface area contributed by atoms with Gasteiger partial charge < -0.3 is 15.3 Å². The fourth-order valence-corrected chi connectivity index (χ4v) is 2.47. The third-order valence-electron chi connectivity index (χ3n) is 3.57. The van der Waals surface area contributed by atoms with Crippen molar-refractivity contribution >= 4 is 11.7 Å². The molecule has 25 heavy (non-hydrogen) atoms. The SMILES string of the molecule is CC(C)(O)CN(Cc1ccccc1)C(=O)Nc1ccc(CC#N)cc1. The van der Waals surface area contributed by atoms with Crippen molar-refractivity contribution in [3.8, 4) is 6.07 Å². The van der Waals surface area contributed by atoms with Crippen LogP contribution in [0.3, 0.4) is 0 Å². The molecule has 0 aliphatic carbocycles. The lowest BCUT2D eigenvalue weighted by Crippen LogP contribution is -2.43. The van der Waals surface area contributed by atoms with Crippen LogP contribution >= 0.6 is 0 Å². The zero-order valence-electron chi connectivity index (χ0n) is 14.6. The molecule has 0 unspecified atom stereocenters. The van der Waals surface area contributed by atoms with E-state index in [1.807, 2.05) is 42.5 Å². The predicted octanol–water partition coefficient (Wildman–Crippen LogP) is 3.56. The summed E-state index contributed by atoms with van der Waals surface area (Å²) in [7, 11) is 0. The highest BCUT2D eigenvalue weighted by Gasteiger charge is 2.22. The van der Waals surface area contributed by atoms with Crippen LogP contribution in [-0.2, 0) is 13.0 Å². The van der Waals surface area contributed by atoms with E-state index >= 15 is 0 Å². The molecule has 2 aromatic rings. The van der Waals surface area contributed by atoms with Gasteiger partial charge in [-0.25, -0.2) is 4.79 Å². The summed E-state index contributed by atoms with van der Waals surface area (Å²) in [5.74, 6) is 0. The molecule has 0 bridgehead atoms. The number of hydrogen-bond acceptors (Lipinski definition) is 3. The lowest BCUT2D eigenvalue weighted by molar-refractivity contribution is 0.0469. The maximum atomic E-state index is 12.7. The molecule has 2 aromatic carbocycles. The minimum Gasteiger partial charge on any atom is -0.389 e. The molecule has 0 spiro atoms. The molecule has 0 aromatic heterocycles. The molecule has 2 amide bonds. The van der Waals surface area contributed by atoms with Gasteiger partial charge in [0.2, 0.25) is 0 Å². The number of anilines is 1. The van der Waals surface area contributed by atoms with Crippen molar-refractivity contribution in [3.63, 3.8) is 0 Å². The van der Waals surface area contributed by atoms with E-state index in [0.717, 1.165) is 11.1 Å². The van der Waals surface area contributed by atoms with Crippen LogP contribution in [0.2, 0.25) is 0 Å². The Kier molecular flexibility index (Phi) is 6.15. The number of hydrogen-bond donors (Lipinski definition) is 2. The fourth-order valence-electron chi connectivity index (χ4n) is 2.47. The van der Waals surface area contributed by atoms with Crippen molar-refractivity contribution in [2.24, 2.45) is 0 Å². The van der Waals surface area contributed by atoms with Gasteiger partial charge in [0, 0.05) is 12.2 Å². The highest BCUT2D eigenvalue weighted by molar-refractivity contribution is 5.89. The van der Waals surface area contributed by atoms with Gasteiger partial charge in [-0.05, 0) is 37.1 Å². The molecule has 130 valence electrons. The minimum atomic E-state index is -0.997. The number of benzene rings is 2. The van der Waals surface area contributed by atoms with E-state index in [2.05, 4.69) is 11.4 Å². The van der Waals surface area contributed by atoms with Gasteiger partial charge in [-0.2, -0.15) is 5.26 Å². The van der Waals surface area contributed by atoms with E-state index in [9.17, 15) is 9.90 Å². The first kappa shape index (κ1) is 18.5. The third-order valence-corrected chi connectivity index (χ3v) is 3.57. The molecule has 2 rings (SSSR count). The lowest BCUT2D eigenvalue weighted by atomic mass is 10.1. The maximum absolute atomic E-state index is 12.7. The Bertz CT molecular complexity index is 728.